The van der Waals surface area contributed by atoms with Gasteiger partial charge in [0.05, 0.1) is 5.56 Å². The second-order valence-corrected chi connectivity index (χ2v) is 9.46. The number of carbonyl (C=O) groups is 2. The lowest BCUT2D eigenvalue weighted by molar-refractivity contribution is -0.145. The van der Waals surface area contributed by atoms with E-state index in [1.807, 2.05) is 12.1 Å². The van der Waals surface area contributed by atoms with E-state index >= 15 is 0 Å². The van der Waals surface area contributed by atoms with Crippen molar-refractivity contribution in [3.05, 3.63) is 59.7 Å². The summed E-state index contributed by atoms with van der Waals surface area (Å²) in [4.78, 5) is 25.9. The smallest absolute Gasteiger partial charge is 0.335 e. The van der Waals surface area contributed by atoms with E-state index in [1.54, 1.807) is 12.1 Å². The Morgan fingerprint density at radius 2 is 1.71 bits per heavy atom. The number of aromatic carboxylic acids is 1. The van der Waals surface area contributed by atoms with Crippen LogP contribution in [0.5, 0.6) is 0 Å². The quantitative estimate of drug-likeness (QED) is 0.779. The van der Waals surface area contributed by atoms with Gasteiger partial charge < -0.3 is 14.7 Å². The maximum Gasteiger partial charge on any atom is 0.335 e. The normalized spacial score (nSPS) is 29.8. The van der Waals surface area contributed by atoms with Crippen LogP contribution in [0.1, 0.15) is 60.9 Å². The number of nitrogens with zero attached hydrogens (tertiary/aromatic N) is 1. The van der Waals surface area contributed by atoms with Gasteiger partial charge in [-0.05, 0) is 79.2 Å². The summed E-state index contributed by atoms with van der Waals surface area (Å²) in [6.07, 6.45) is 4.97. The van der Waals surface area contributed by atoms with E-state index in [-0.39, 0.29) is 18.1 Å². The number of hydrogen-bond donors (Lipinski definition) is 1. The van der Waals surface area contributed by atoms with Crippen LogP contribution in [0.4, 0.5) is 0 Å². The highest BCUT2D eigenvalue weighted by Gasteiger charge is 2.57. The Morgan fingerprint density at radius 3 is 2.29 bits per heavy atom. The summed E-state index contributed by atoms with van der Waals surface area (Å²) in [6, 6.07) is 16.0. The molecular formula is C26H29NO4. The topological polar surface area (TPSA) is 66.8 Å². The predicted molar refractivity (Wildman–Crippen MR) is 118 cm³/mol. The standard InChI is InChI=1S/C26H29NO4/c1-17-15-26(12-13-27(17)24(28)23-3-2-14-31-23)16-22(26)20-8-4-18(5-9-20)19-6-10-21(11-7-19)25(29)30/h4-11,17,22-23H,2-3,12-16H2,1H3,(H,29,30)/t17-,22+,23-,26?/m1/s1. The van der Waals surface area contributed by atoms with Crippen LogP contribution < -0.4 is 0 Å². The van der Waals surface area contributed by atoms with Crippen LogP contribution in [0.15, 0.2) is 48.5 Å². The molecule has 1 N–H and O–H groups in total. The van der Waals surface area contributed by atoms with Gasteiger partial charge in [0, 0.05) is 19.2 Å². The molecule has 1 saturated carbocycles. The van der Waals surface area contributed by atoms with Gasteiger partial charge in [-0.1, -0.05) is 36.4 Å². The molecule has 31 heavy (non-hydrogen) atoms. The fourth-order valence-electron chi connectivity index (χ4n) is 5.68. The molecule has 5 nitrogen and oxygen atoms in total. The van der Waals surface area contributed by atoms with Gasteiger partial charge in [-0.3, -0.25) is 4.79 Å². The van der Waals surface area contributed by atoms with Gasteiger partial charge in [0.2, 0.25) is 0 Å². The van der Waals surface area contributed by atoms with Gasteiger partial charge in [-0.15, -0.1) is 0 Å². The molecule has 2 aliphatic heterocycles. The molecule has 2 aromatic carbocycles. The van der Waals surface area contributed by atoms with Crippen LogP contribution in [-0.2, 0) is 9.53 Å². The number of benzene rings is 2. The minimum absolute atomic E-state index is 0.190. The van der Waals surface area contributed by atoms with E-state index in [1.165, 1.54) is 12.0 Å². The Kier molecular flexibility index (Phi) is 5.09. The number of carboxylic acids is 1. The third kappa shape index (κ3) is 3.76. The lowest BCUT2D eigenvalue weighted by Gasteiger charge is -2.39. The molecule has 1 spiro atoms. The molecule has 3 aliphatic rings. The van der Waals surface area contributed by atoms with Crippen molar-refractivity contribution in [3.63, 3.8) is 0 Å². The first-order valence-electron chi connectivity index (χ1n) is 11.3. The zero-order valence-corrected chi connectivity index (χ0v) is 17.9. The molecule has 5 rings (SSSR count). The minimum Gasteiger partial charge on any atom is -0.478 e. The van der Waals surface area contributed by atoms with Crippen molar-refractivity contribution in [2.24, 2.45) is 5.41 Å². The number of rotatable bonds is 4. The average molecular weight is 420 g/mol. The Morgan fingerprint density at radius 1 is 1.03 bits per heavy atom. The summed E-state index contributed by atoms with van der Waals surface area (Å²) in [6.45, 7) is 3.74. The number of carboxylic acid groups (broad SMARTS) is 1. The second-order valence-electron chi connectivity index (χ2n) is 9.46. The molecule has 1 unspecified atom stereocenters. The molecule has 2 aromatic rings. The lowest BCUT2D eigenvalue weighted by Crippen LogP contribution is -2.49. The van der Waals surface area contributed by atoms with Crippen molar-refractivity contribution in [1.82, 2.24) is 4.90 Å². The Bertz CT molecular complexity index is 977. The maximum atomic E-state index is 12.8. The highest BCUT2D eigenvalue weighted by atomic mass is 16.5. The van der Waals surface area contributed by atoms with Crippen molar-refractivity contribution in [2.45, 2.75) is 57.1 Å². The molecule has 1 aliphatic carbocycles. The fourth-order valence-corrected chi connectivity index (χ4v) is 5.68. The molecule has 162 valence electrons. The Hall–Kier alpha value is -2.66. The first-order chi connectivity index (χ1) is 15.0. The van der Waals surface area contributed by atoms with Crippen molar-refractivity contribution in [3.8, 4) is 11.1 Å². The van der Waals surface area contributed by atoms with Gasteiger partial charge in [0.25, 0.3) is 5.91 Å². The summed E-state index contributed by atoms with van der Waals surface area (Å²) in [7, 11) is 0. The number of likely N-dealkylation sites (tertiary alicyclic amines) is 1. The molecule has 2 saturated heterocycles. The van der Waals surface area contributed by atoms with Crippen LogP contribution in [0.2, 0.25) is 0 Å². The molecule has 0 bridgehead atoms. The van der Waals surface area contributed by atoms with Gasteiger partial charge in [0.1, 0.15) is 6.10 Å². The van der Waals surface area contributed by atoms with E-state index < -0.39 is 5.97 Å². The monoisotopic (exact) mass is 419 g/mol. The number of carbonyl (C=O) groups excluding carboxylic acids is 1. The number of hydrogen-bond acceptors (Lipinski definition) is 3. The largest absolute Gasteiger partial charge is 0.478 e. The summed E-state index contributed by atoms with van der Waals surface area (Å²) >= 11 is 0. The van der Waals surface area contributed by atoms with E-state index in [9.17, 15) is 9.59 Å². The molecule has 4 atom stereocenters. The molecule has 0 radical (unpaired) electrons. The highest BCUT2D eigenvalue weighted by molar-refractivity contribution is 5.88. The first kappa shape index (κ1) is 20.3. The van der Waals surface area contributed by atoms with Crippen LogP contribution in [0.25, 0.3) is 11.1 Å². The van der Waals surface area contributed by atoms with Crippen molar-refractivity contribution in [2.75, 3.05) is 13.2 Å². The number of ether oxygens (including phenoxy) is 1. The lowest BCUT2D eigenvalue weighted by atomic mass is 9.84. The molecule has 5 heteroatoms. The number of amides is 1. The zero-order valence-electron chi connectivity index (χ0n) is 17.9. The highest BCUT2D eigenvalue weighted by Crippen LogP contribution is 2.65. The maximum absolute atomic E-state index is 12.8. The van der Waals surface area contributed by atoms with E-state index in [0.29, 0.717) is 23.5 Å². The minimum atomic E-state index is -0.904. The molecule has 1 amide bonds. The fraction of sp³-hybridized carbons (Fsp3) is 0.462. The molecular weight excluding hydrogens is 390 g/mol. The van der Waals surface area contributed by atoms with Crippen LogP contribution in [0.3, 0.4) is 0 Å². The third-order valence-corrected chi connectivity index (χ3v) is 7.54. The summed E-state index contributed by atoms with van der Waals surface area (Å²) < 4.78 is 5.62. The van der Waals surface area contributed by atoms with E-state index in [4.69, 9.17) is 9.84 Å². The summed E-state index contributed by atoms with van der Waals surface area (Å²) in [5.41, 5.74) is 4.13. The molecule has 0 aromatic heterocycles. The number of piperidine rings is 1. The summed E-state index contributed by atoms with van der Waals surface area (Å²) in [5.74, 6) is -0.146. The SMILES string of the molecule is C[C@@H]1CC2(CCN1C(=O)[C@H]1CCCO1)C[C@H]2c1ccc(-c2ccc(C(=O)O)cc2)cc1. The second kappa shape index (κ2) is 7.79. The van der Waals surface area contributed by atoms with E-state index in [0.717, 1.165) is 43.4 Å². The Balaban J connectivity index is 1.24. The average Bonchev–Trinajstić information content (AvgIpc) is 3.20. The van der Waals surface area contributed by atoms with E-state index in [2.05, 4.69) is 36.1 Å². The molecule has 2 heterocycles. The van der Waals surface area contributed by atoms with Gasteiger partial charge in [-0.25, -0.2) is 4.79 Å². The van der Waals surface area contributed by atoms with Gasteiger partial charge in [0.15, 0.2) is 0 Å². The van der Waals surface area contributed by atoms with Crippen LogP contribution in [-0.4, -0.2) is 47.2 Å². The zero-order chi connectivity index (χ0) is 21.6. The van der Waals surface area contributed by atoms with Gasteiger partial charge >= 0.3 is 5.97 Å². The first-order valence-corrected chi connectivity index (χ1v) is 11.3. The van der Waals surface area contributed by atoms with Crippen molar-refractivity contribution in [1.29, 1.82) is 0 Å². The summed E-state index contributed by atoms with van der Waals surface area (Å²) in [5, 5.41) is 9.06. The van der Waals surface area contributed by atoms with Gasteiger partial charge in [-0.2, -0.15) is 0 Å². The van der Waals surface area contributed by atoms with Crippen LogP contribution in [0, 0.1) is 5.41 Å². The van der Waals surface area contributed by atoms with Crippen LogP contribution >= 0.6 is 0 Å². The Labute approximate surface area is 183 Å². The van der Waals surface area contributed by atoms with Crippen molar-refractivity contribution < 1.29 is 19.4 Å². The predicted octanol–water partition coefficient (Wildman–Crippen LogP) is 4.72. The van der Waals surface area contributed by atoms with Crippen molar-refractivity contribution >= 4 is 11.9 Å². The molecule has 3 fully saturated rings. The third-order valence-electron chi connectivity index (χ3n) is 7.54.